The lowest BCUT2D eigenvalue weighted by atomic mass is 10.1. The van der Waals surface area contributed by atoms with E-state index in [1.165, 1.54) is 5.56 Å². The Hall–Kier alpha value is -2.88. The second-order valence-electron chi connectivity index (χ2n) is 5.51. The molecule has 0 aliphatic heterocycles. The van der Waals surface area contributed by atoms with Crippen molar-refractivity contribution in [2.45, 2.75) is 19.8 Å². The number of esters is 1. The lowest BCUT2D eigenvalue weighted by molar-refractivity contribution is 0.0492. The fourth-order valence-electron chi connectivity index (χ4n) is 2.44. The summed E-state index contributed by atoms with van der Waals surface area (Å²) in [5, 5.41) is 0. The minimum Gasteiger partial charge on any atom is -0.461 e. The number of oxazole rings is 1. The minimum atomic E-state index is -0.438. The zero-order chi connectivity index (χ0) is 16.8. The second-order valence-corrected chi connectivity index (χ2v) is 5.51. The van der Waals surface area contributed by atoms with E-state index in [1.807, 2.05) is 48.5 Å². The molecule has 0 spiro atoms. The average Bonchev–Trinajstić information content (AvgIpc) is 3.02. The maximum atomic E-state index is 12.2. The summed E-state index contributed by atoms with van der Waals surface area (Å²) in [6.45, 7) is 2.08. The predicted octanol–water partition coefficient (Wildman–Crippen LogP) is 4.44. The molecule has 0 saturated heterocycles. The topological polar surface area (TPSA) is 52.3 Å². The van der Waals surface area contributed by atoms with Gasteiger partial charge in [-0.15, -0.1) is 0 Å². The van der Waals surface area contributed by atoms with E-state index in [0.29, 0.717) is 18.3 Å². The van der Waals surface area contributed by atoms with Crippen molar-refractivity contribution in [1.29, 1.82) is 0 Å². The maximum absolute atomic E-state index is 12.2. The number of nitrogens with zero attached hydrogens (tertiary/aromatic N) is 1. The van der Waals surface area contributed by atoms with Crippen LogP contribution in [0.1, 0.15) is 28.2 Å². The number of aromatic nitrogens is 1. The standard InChI is InChI=1S/C20H19NO3/c1-15-18(21-19(24-15)17-12-6-3-7-13-17)20(22)23-14-8-11-16-9-4-2-5-10-16/h2-7,9-10,12-13H,8,11,14H2,1H3. The van der Waals surface area contributed by atoms with Crippen molar-refractivity contribution < 1.29 is 13.9 Å². The number of aryl methyl sites for hydroxylation is 2. The molecule has 1 aromatic heterocycles. The molecule has 0 radical (unpaired) electrons. The summed E-state index contributed by atoms with van der Waals surface area (Å²) in [6, 6.07) is 19.6. The third-order valence-electron chi connectivity index (χ3n) is 3.70. The summed E-state index contributed by atoms with van der Waals surface area (Å²) in [7, 11) is 0. The fourth-order valence-corrected chi connectivity index (χ4v) is 2.44. The second kappa shape index (κ2) is 7.59. The molecule has 0 fully saturated rings. The van der Waals surface area contributed by atoms with Crippen LogP contribution in [0, 0.1) is 6.92 Å². The molecule has 0 atom stereocenters. The summed E-state index contributed by atoms with van der Waals surface area (Å²) in [4.78, 5) is 16.5. The fraction of sp³-hybridized carbons (Fsp3) is 0.200. The molecule has 4 heteroatoms. The van der Waals surface area contributed by atoms with Gasteiger partial charge in [0.2, 0.25) is 5.89 Å². The van der Waals surface area contributed by atoms with Gasteiger partial charge in [0.25, 0.3) is 0 Å². The quantitative estimate of drug-likeness (QED) is 0.497. The number of carbonyl (C=O) groups is 1. The Labute approximate surface area is 141 Å². The smallest absolute Gasteiger partial charge is 0.360 e. The highest BCUT2D eigenvalue weighted by Gasteiger charge is 2.19. The van der Waals surface area contributed by atoms with Gasteiger partial charge in [0.15, 0.2) is 5.69 Å². The van der Waals surface area contributed by atoms with Crippen molar-refractivity contribution in [2.75, 3.05) is 6.61 Å². The number of carbonyl (C=O) groups excluding carboxylic acids is 1. The van der Waals surface area contributed by atoms with Crippen LogP contribution >= 0.6 is 0 Å². The van der Waals surface area contributed by atoms with Crippen LogP contribution < -0.4 is 0 Å². The van der Waals surface area contributed by atoms with Gasteiger partial charge in [0.05, 0.1) is 6.61 Å². The molecule has 3 aromatic rings. The molecule has 0 aliphatic rings. The van der Waals surface area contributed by atoms with Gasteiger partial charge in [-0.3, -0.25) is 0 Å². The van der Waals surface area contributed by atoms with Crippen molar-refractivity contribution in [3.05, 3.63) is 77.7 Å². The Morgan fingerprint density at radius 3 is 2.42 bits per heavy atom. The van der Waals surface area contributed by atoms with Gasteiger partial charge in [-0.25, -0.2) is 9.78 Å². The molecule has 0 N–H and O–H groups in total. The van der Waals surface area contributed by atoms with Crippen LogP contribution in [0.2, 0.25) is 0 Å². The summed E-state index contributed by atoms with van der Waals surface area (Å²) in [5.41, 5.74) is 2.31. The Balaban J connectivity index is 1.56. The molecule has 24 heavy (non-hydrogen) atoms. The summed E-state index contributed by atoms with van der Waals surface area (Å²) < 4.78 is 10.9. The Morgan fingerprint density at radius 1 is 1.04 bits per heavy atom. The van der Waals surface area contributed by atoms with Crippen molar-refractivity contribution >= 4 is 5.97 Å². The van der Waals surface area contributed by atoms with Crippen molar-refractivity contribution in [2.24, 2.45) is 0 Å². The Bertz CT molecular complexity index is 794. The highest BCUT2D eigenvalue weighted by Crippen LogP contribution is 2.21. The van der Waals surface area contributed by atoms with Crippen LogP contribution in [0.4, 0.5) is 0 Å². The van der Waals surface area contributed by atoms with Crippen LogP contribution in [0.5, 0.6) is 0 Å². The first-order valence-corrected chi connectivity index (χ1v) is 7.98. The number of benzene rings is 2. The highest BCUT2D eigenvalue weighted by atomic mass is 16.5. The van der Waals surface area contributed by atoms with Crippen molar-refractivity contribution in [3.8, 4) is 11.5 Å². The molecule has 1 heterocycles. The predicted molar refractivity (Wildman–Crippen MR) is 91.7 cm³/mol. The average molecular weight is 321 g/mol. The van der Waals surface area contributed by atoms with Crippen molar-refractivity contribution in [3.63, 3.8) is 0 Å². The SMILES string of the molecule is Cc1oc(-c2ccccc2)nc1C(=O)OCCCc1ccccc1. The lowest BCUT2D eigenvalue weighted by Crippen LogP contribution is -2.09. The van der Waals surface area contributed by atoms with E-state index in [1.54, 1.807) is 6.92 Å². The van der Waals surface area contributed by atoms with E-state index >= 15 is 0 Å². The van der Waals surface area contributed by atoms with Gasteiger partial charge in [0, 0.05) is 5.56 Å². The van der Waals surface area contributed by atoms with Gasteiger partial charge in [-0.1, -0.05) is 48.5 Å². The molecule has 0 bridgehead atoms. The third kappa shape index (κ3) is 3.90. The summed E-state index contributed by atoms with van der Waals surface area (Å²) in [5.74, 6) is 0.470. The largest absolute Gasteiger partial charge is 0.461 e. The number of rotatable bonds is 6. The molecule has 122 valence electrons. The molecular weight excluding hydrogens is 302 g/mol. The Kier molecular flexibility index (Phi) is 5.06. The molecule has 2 aromatic carbocycles. The molecule has 4 nitrogen and oxygen atoms in total. The van der Waals surface area contributed by atoms with E-state index in [9.17, 15) is 4.79 Å². The minimum absolute atomic E-state index is 0.244. The van der Waals surface area contributed by atoms with E-state index in [0.717, 1.165) is 18.4 Å². The van der Waals surface area contributed by atoms with E-state index in [2.05, 4.69) is 17.1 Å². The molecule has 0 amide bonds. The van der Waals surface area contributed by atoms with Crippen LogP contribution in [0.3, 0.4) is 0 Å². The van der Waals surface area contributed by atoms with E-state index in [-0.39, 0.29) is 5.69 Å². The highest BCUT2D eigenvalue weighted by molar-refractivity contribution is 5.88. The third-order valence-corrected chi connectivity index (χ3v) is 3.70. The van der Waals surface area contributed by atoms with Gasteiger partial charge < -0.3 is 9.15 Å². The van der Waals surface area contributed by atoms with Gasteiger partial charge in [-0.2, -0.15) is 0 Å². The van der Waals surface area contributed by atoms with Gasteiger partial charge in [0.1, 0.15) is 5.76 Å². The first-order chi connectivity index (χ1) is 11.7. The van der Waals surface area contributed by atoms with Crippen molar-refractivity contribution in [1.82, 2.24) is 4.98 Å². The van der Waals surface area contributed by atoms with Gasteiger partial charge in [-0.05, 0) is 37.5 Å². The molecule has 3 rings (SSSR count). The van der Waals surface area contributed by atoms with Gasteiger partial charge >= 0.3 is 5.97 Å². The number of hydrogen-bond donors (Lipinski definition) is 0. The summed E-state index contributed by atoms with van der Waals surface area (Å²) >= 11 is 0. The van der Waals surface area contributed by atoms with Crippen LogP contribution in [0.25, 0.3) is 11.5 Å². The summed E-state index contributed by atoms with van der Waals surface area (Å²) in [6.07, 6.45) is 1.65. The number of ether oxygens (including phenoxy) is 1. The lowest BCUT2D eigenvalue weighted by Gasteiger charge is -2.03. The monoisotopic (exact) mass is 321 g/mol. The Morgan fingerprint density at radius 2 is 1.71 bits per heavy atom. The molecule has 0 unspecified atom stereocenters. The molecule has 0 saturated carbocycles. The maximum Gasteiger partial charge on any atom is 0.360 e. The molecular formula is C20H19NO3. The zero-order valence-electron chi connectivity index (χ0n) is 13.6. The number of hydrogen-bond acceptors (Lipinski definition) is 4. The zero-order valence-corrected chi connectivity index (χ0v) is 13.6. The normalized spacial score (nSPS) is 10.5. The van der Waals surface area contributed by atoms with Crippen LogP contribution in [-0.2, 0) is 11.2 Å². The molecule has 0 aliphatic carbocycles. The van der Waals surface area contributed by atoms with E-state index in [4.69, 9.17) is 9.15 Å². The first-order valence-electron chi connectivity index (χ1n) is 7.98. The van der Waals surface area contributed by atoms with Crippen LogP contribution in [0.15, 0.2) is 65.1 Å². The van der Waals surface area contributed by atoms with Crippen LogP contribution in [-0.4, -0.2) is 17.6 Å². The first kappa shape index (κ1) is 16.0. The van der Waals surface area contributed by atoms with E-state index < -0.39 is 5.97 Å².